The highest BCUT2D eigenvalue weighted by Crippen LogP contribution is 2.47. The molecule has 0 bridgehead atoms. The highest BCUT2D eigenvalue weighted by atomic mass is 35.5. The minimum absolute atomic E-state index is 0. The van der Waals surface area contributed by atoms with E-state index in [1.165, 1.54) is 23.5 Å². The summed E-state index contributed by atoms with van der Waals surface area (Å²) in [5, 5.41) is 3.35. The number of fused-ring (bicyclic) bond motifs is 2. The van der Waals surface area contributed by atoms with Crippen LogP contribution in [-0.2, 0) is 18.3 Å². The maximum absolute atomic E-state index is 13.2. The van der Waals surface area contributed by atoms with Crippen molar-refractivity contribution in [2.45, 2.75) is 50.0 Å². The van der Waals surface area contributed by atoms with Gasteiger partial charge in [-0.1, -0.05) is 0 Å². The summed E-state index contributed by atoms with van der Waals surface area (Å²) in [5.74, 6) is 0. The normalized spacial score (nSPS) is 23.8. The Morgan fingerprint density at radius 1 is 1.04 bits per heavy atom. The zero-order chi connectivity index (χ0) is 14.7. The third-order valence-corrected chi connectivity index (χ3v) is 5.28. The topological polar surface area (TPSA) is 20.2 Å². The molecule has 3 heterocycles. The van der Waals surface area contributed by atoms with Gasteiger partial charge in [0.05, 0.1) is 5.54 Å². The molecule has 0 unspecified atom stereocenters. The molecule has 0 amide bonds. The van der Waals surface area contributed by atoms with Crippen LogP contribution in [0.2, 0.25) is 0 Å². The van der Waals surface area contributed by atoms with Crippen molar-refractivity contribution < 1.29 is 13.2 Å². The summed E-state index contributed by atoms with van der Waals surface area (Å²) in [4.78, 5) is 2.50. The maximum Gasteiger partial charge on any atom is 0.431 e. The van der Waals surface area contributed by atoms with E-state index in [4.69, 9.17) is 0 Å². The fraction of sp³-hybridized carbons (Fsp3) is 0.733. The molecule has 2 aliphatic heterocycles. The average Bonchev–Trinajstić information content (AvgIpc) is 3.16. The molecule has 3 nitrogen and oxygen atoms in total. The quantitative estimate of drug-likeness (QED) is 0.816. The molecule has 8 heteroatoms. The summed E-state index contributed by atoms with van der Waals surface area (Å²) in [6.07, 6.45) is -0.0479. The van der Waals surface area contributed by atoms with Crippen molar-refractivity contribution >= 4 is 24.8 Å². The minimum atomic E-state index is -4.26. The van der Waals surface area contributed by atoms with E-state index in [0.717, 1.165) is 38.2 Å². The minimum Gasteiger partial charge on any atom is -0.338 e. The van der Waals surface area contributed by atoms with Crippen molar-refractivity contribution in [3.8, 4) is 0 Å². The van der Waals surface area contributed by atoms with Crippen LogP contribution >= 0.6 is 24.8 Å². The second-order valence-electron chi connectivity index (χ2n) is 6.46. The second-order valence-corrected chi connectivity index (χ2v) is 6.46. The molecule has 2 fully saturated rings. The summed E-state index contributed by atoms with van der Waals surface area (Å²) in [7, 11) is 0. The summed E-state index contributed by atoms with van der Waals surface area (Å²) in [5.41, 5.74) is 0.217. The zero-order valence-corrected chi connectivity index (χ0v) is 14.4. The van der Waals surface area contributed by atoms with Crippen LogP contribution in [0.5, 0.6) is 0 Å². The number of alkyl halides is 3. The Morgan fingerprint density at radius 3 is 2.26 bits per heavy atom. The lowest BCUT2D eigenvalue weighted by Crippen LogP contribution is -2.57. The van der Waals surface area contributed by atoms with Crippen molar-refractivity contribution in [3.63, 3.8) is 0 Å². The van der Waals surface area contributed by atoms with Gasteiger partial charge in [0.15, 0.2) is 0 Å². The van der Waals surface area contributed by atoms with Crippen molar-refractivity contribution in [1.82, 2.24) is 14.8 Å². The van der Waals surface area contributed by atoms with Crippen LogP contribution < -0.4 is 5.32 Å². The van der Waals surface area contributed by atoms with E-state index < -0.39 is 11.9 Å². The molecule has 3 aliphatic rings. The molecule has 1 N–H and O–H groups in total. The third kappa shape index (κ3) is 2.99. The predicted octanol–water partition coefficient (Wildman–Crippen LogP) is 3.41. The number of halogens is 5. The Labute approximate surface area is 146 Å². The van der Waals surface area contributed by atoms with E-state index in [9.17, 15) is 13.2 Å². The van der Waals surface area contributed by atoms with Gasteiger partial charge in [0.25, 0.3) is 0 Å². The first-order valence-electron chi connectivity index (χ1n) is 7.77. The molecule has 1 aliphatic carbocycles. The molecule has 23 heavy (non-hydrogen) atoms. The predicted molar refractivity (Wildman–Crippen MR) is 87.4 cm³/mol. The summed E-state index contributed by atoms with van der Waals surface area (Å²) >= 11 is 0. The van der Waals surface area contributed by atoms with Gasteiger partial charge in [-0.05, 0) is 50.9 Å². The molecule has 4 rings (SSSR count). The summed E-state index contributed by atoms with van der Waals surface area (Å²) < 4.78 is 41.1. The third-order valence-electron chi connectivity index (χ3n) is 5.28. The number of piperidine rings is 1. The van der Waals surface area contributed by atoms with Gasteiger partial charge in [-0.15, -0.1) is 24.8 Å². The monoisotopic (exact) mass is 371 g/mol. The van der Waals surface area contributed by atoms with Crippen LogP contribution in [0.4, 0.5) is 13.2 Å². The number of hydrogen-bond donors (Lipinski definition) is 1. The zero-order valence-electron chi connectivity index (χ0n) is 12.7. The smallest absolute Gasteiger partial charge is 0.338 e. The molecular weight excluding hydrogens is 350 g/mol. The highest BCUT2D eigenvalue weighted by Gasteiger charge is 2.50. The maximum atomic E-state index is 13.2. The van der Waals surface area contributed by atoms with Crippen molar-refractivity contribution in [3.05, 3.63) is 23.5 Å². The van der Waals surface area contributed by atoms with Gasteiger partial charge in [-0.3, -0.25) is 4.90 Å². The van der Waals surface area contributed by atoms with Crippen LogP contribution in [0.25, 0.3) is 0 Å². The van der Waals surface area contributed by atoms with Gasteiger partial charge in [-0.25, -0.2) is 0 Å². The average molecular weight is 372 g/mol. The summed E-state index contributed by atoms with van der Waals surface area (Å²) in [6, 6.07) is 3.58. The Bertz CT molecular complexity index is 549. The Morgan fingerprint density at radius 2 is 1.70 bits per heavy atom. The van der Waals surface area contributed by atoms with Crippen LogP contribution in [0.15, 0.2) is 12.1 Å². The van der Waals surface area contributed by atoms with Crippen LogP contribution in [-0.4, -0.2) is 35.1 Å². The van der Waals surface area contributed by atoms with E-state index in [0.29, 0.717) is 12.6 Å². The first-order chi connectivity index (χ1) is 10.0. The Balaban J connectivity index is 0.000000960. The molecule has 1 aromatic heterocycles. The number of nitrogens with one attached hydrogen (secondary N) is 1. The van der Waals surface area contributed by atoms with Crippen molar-refractivity contribution in [1.29, 1.82) is 0 Å². The van der Waals surface area contributed by atoms with Gasteiger partial charge < -0.3 is 9.88 Å². The van der Waals surface area contributed by atoms with Gasteiger partial charge >= 0.3 is 6.18 Å². The largest absolute Gasteiger partial charge is 0.431 e. The van der Waals surface area contributed by atoms with Crippen LogP contribution in [0.3, 0.4) is 0 Å². The van der Waals surface area contributed by atoms with Crippen LogP contribution in [0, 0.1) is 0 Å². The first kappa shape index (κ1) is 18.9. The molecule has 1 spiro atoms. The van der Waals surface area contributed by atoms with Crippen LogP contribution in [0.1, 0.15) is 37.1 Å². The molecule has 132 valence electrons. The Kier molecular flexibility index (Phi) is 5.31. The fourth-order valence-corrected chi connectivity index (χ4v) is 4.23. The van der Waals surface area contributed by atoms with Crippen molar-refractivity contribution in [2.24, 2.45) is 0 Å². The molecule has 0 radical (unpaired) electrons. The van der Waals surface area contributed by atoms with E-state index in [1.54, 1.807) is 6.07 Å². The fourth-order valence-electron chi connectivity index (χ4n) is 4.23. The number of aromatic nitrogens is 1. The SMILES string of the molecule is Cl.Cl.FC(F)(F)c1ccc2n1CCN(C1CC1)C21CCNCC1. The number of nitrogens with zero attached hydrogens (tertiary/aromatic N) is 2. The molecule has 1 aromatic rings. The lowest BCUT2D eigenvalue weighted by molar-refractivity contribution is -0.145. The summed E-state index contributed by atoms with van der Waals surface area (Å²) in [6.45, 7) is 2.98. The van der Waals surface area contributed by atoms with E-state index in [2.05, 4.69) is 10.2 Å². The van der Waals surface area contributed by atoms with Gasteiger partial charge in [0.1, 0.15) is 5.69 Å². The second kappa shape index (κ2) is 6.47. The van der Waals surface area contributed by atoms with Gasteiger partial charge in [0, 0.05) is 24.8 Å². The van der Waals surface area contributed by atoms with E-state index in [-0.39, 0.29) is 30.4 Å². The number of rotatable bonds is 1. The highest BCUT2D eigenvalue weighted by molar-refractivity contribution is 5.85. The van der Waals surface area contributed by atoms with Gasteiger partial charge in [0.2, 0.25) is 0 Å². The van der Waals surface area contributed by atoms with Gasteiger partial charge in [-0.2, -0.15) is 13.2 Å². The molecule has 0 aromatic carbocycles. The first-order valence-corrected chi connectivity index (χ1v) is 7.77. The molecular formula is C15H22Cl2F3N3. The van der Waals surface area contributed by atoms with E-state index >= 15 is 0 Å². The molecule has 1 saturated heterocycles. The van der Waals surface area contributed by atoms with E-state index in [1.807, 2.05) is 0 Å². The lowest BCUT2D eigenvalue weighted by atomic mass is 9.81. The van der Waals surface area contributed by atoms with Crippen molar-refractivity contribution in [2.75, 3.05) is 19.6 Å². The Hall–Kier alpha value is -0.430. The standard InChI is InChI=1S/C15H20F3N3.2ClH/c16-15(17,18)13-4-3-12-14(5-7-19-8-6-14)21(11-1-2-11)10-9-20(12)13;;/h3-4,11,19H,1-2,5-10H2;2*1H. The molecule has 1 saturated carbocycles. The molecule has 0 atom stereocenters. The number of hydrogen-bond acceptors (Lipinski definition) is 2. The lowest BCUT2D eigenvalue weighted by Gasteiger charge is -2.50.